The average molecular weight is 301 g/mol. The van der Waals surface area contributed by atoms with Gasteiger partial charge in [-0.15, -0.1) is 0 Å². The lowest BCUT2D eigenvalue weighted by Gasteiger charge is -2.05. The Balaban J connectivity index is 2.32. The van der Waals surface area contributed by atoms with Gasteiger partial charge in [0.05, 0.1) is 13.7 Å². The molecule has 17 heavy (non-hydrogen) atoms. The molecule has 0 amide bonds. The third-order valence-electron chi connectivity index (χ3n) is 2.34. The number of carbonyl (C=O) groups is 1. The third-order valence-corrected chi connectivity index (χ3v) is 2.67. The Morgan fingerprint density at radius 3 is 2.59 bits per heavy atom. The number of hydrogen-bond donors (Lipinski definition) is 0. The molecule has 0 aliphatic heterocycles. The number of esters is 1. The second-order valence-corrected chi connectivity index (χ2v) is 4.40. The Labute approximate surface area is 110 Å². The van der Waals surface area contributed by atoms with Crippen LogP contribution in [0.15, 0.2) is 24.3 Å². The van der Waals surface area contributed by atoms with Gasteiger partial charge in [-0.3, -0.25) is 4.79 Å². The van der Waals surface area contributed by atoms with E-state index in [9.17, 15) is 4.79 Å². The maximum absolute atomic E-state index is 10.9. The molecular formula is C13H17BrO3. The summed E-state index contributed by atoms with van der Waals surface area (Å²) < 4.78 is 10.0. The Morgan fingerprint density at radius 2 is 2.00 bits per heavy atom. The molecule has 1 aromatic rings. The molecule has 0 fully saturated rings. The maximum Gasteiger partial charge on any atom is 0.305 e. The predicted molar refractivity (Wildman–Crippen MR) is 70.7 cm³/mol. The molecule has 0 saturated carbocycles. The molecule has 0 atom stereocenters. The van der Waals surface area contributed by atoms with Gasteiger partial charge in [0.25, 0.3) is 0 Å². The number of rotatable bonds is 7. The van der Waals surface area contributed by atoms with Crippen molar-refractivity contribution in [1.29, 1.82) is 0 Å². The quantitative estimate of drug-likeness (QED) is 0.574. The summed E-state index contributed by atoms with van der Waals surface area (Å²) in [6.07, 6.45) is 2.17. The lowest BCUT2D eigenvalue weighted by molar-refractivity contribution is -0.140. The van der Waals surface area contributed by atoms with Crippen LogP contribution in [0.2, 0.25) is 0 Å². The Morgan fingerprint density at radius 1 is 1.29 bits per heavy atom. The van der Waals surface area contributed by atoms with Crippen LogP contribution in [0.5, 0.6) is 5.75 Å². The number of benzene rings is 1. The molecule has 1 rings (SSSR count). The summed E-state index contributed by atoms with van der Waals surface area (Å²) in [5.41, 5.74) is 1.21. The first-order valence-electron chi connectivity index (χ1n) is 5.61. The van der Waals surface area contributed by atoms with Crippen LogP contribution in [-0.4, -0.2) is 25.0 Å². The fourth-order valence-corrected chi connectivity index (χ4v) is 1.61. The summed E-state index contributed by atoms with van der Waals surface area (Å²) in [4.78, 5) is 10.9. The number of ether oxygens (including phenoxy) is 2. The van der Waals surface area contributed by atoms with Gasteiger partial charge in [-0.2, -0.15) is 0 Å². The van der Waals surface area contributed by atoms with Crippen molar-refractivity contribution in [2.24, 2.45) is 0 Å². The molecule has 0 aliphatic carbocycles. The SMILES string of the molecule is COC(=O)CCCc1ccc(OCCBr)cc1. The summed E-state index contributed by atoms with van der Waals surface area (Å²) >= 11 is 3.31. The number of aryl methyl sites for hydroxylation is 1. The minimum atomic E-state index is -0.151. The van der Waals surface area contributed by atoms with Crippen LogP contribution in [0.25, 0.3) is 0 Å². The molecule has 0 N–H and O–H groups in total. The first-order valence-corrected chi connectivity index (χ1v) is 6.73. The Kier molecular flexibility index (Phi) is 6.70. The lowest BCUT2D eigenvalue weighted by Crippen LogP contribution is -2.00. The van der Waals surface area contributed by atoms with Crippen molar-refractivity contribution in [3.8, 4) is 5.75 Å². The molecule has 0 radical (unpaired) electrons. The van der Waals surface area contributed by atoms with Crippen molar-refractivity contribution >= 4 is 21.9 Å². The van der Waals surface area contributed by atoms with E-state index >= 15 is 0 Å². The monoisotopic (exact) mass is 300 g/mol. The summed E-state index contributed by atoms with van der Waals surface area (Å²) in [5.74, 6) is 0.725. The molecule has 1 aromatic carbocycles. The smallest absolute Gasteiger partial charge is 0.305 e. The maximum atomic E-state index is 10.9. The predicted octanol–water partition coefficient (Wildman–Crippen LogP) is 2.96. The van der Waals surface area contributed by atoms with E-state index in [2.05, 4.69) is 20.7 Å². The first kappa shape index (κ1) is 14.0. The van der Waals surface area contributed by atoms with Crippen molar-refractivity contribution in [3.63, 3.8) is 0 Å². The van der Waals surface area contributed by atoms with Crippen LogP contribution in [0.3, 0.4) is 0 Å². The molecule has 0 saturated heterocycles. The van der Waals surface area contributed by atoms with E-state index < -0.39 is 0 Å². The molecule has 94 valence electrons. The van der Waals surface area contributed by atoms with Crippen LogP contribution in [-0.2, 0) is 16.0 Å². The number of hydrogen-bond acceptors (Lipinski definition) is 3. The van der Waals surface area contributed by atoms with E-state index in [1.54, 1.807) is 0 Å². The van der Waals surface area contributed by atoms with Crippen molar-refractivity contribution in [1.82, 2.24) is 0 Å². The van der Waals surface area contributed by atoms with Gasteiger partial charge in [0.15, 0.2) is 0 Å². The second kappa shape index (κ2) is 8.12. The molecule has 3 nitrogen and oxygen atoms in total. The molecule has 4 heteroatoms. The zero-order valence-electron chi connectivity index (χ0n) is 9.95. The van der Waals surface area contributed by atoms with Crippen LogP contribution in [0.4, 0.5) is 0 Å². The highest BCUT2D eigenvalue weighted by Gasteiger charge is 2.01. The van der Waals surface area contributed by atoms with Crippen molar-refractivity contribution in [3.05, 3.63) is 29.8 Å². The van der Waals surface area contributed by atoms with Crippen molar-refractivity contribution in [2.75, 3.05) is 19.0 Å². The van der Waals surface area contributed by atoms with Gasteiger partial charge in [0, 0.05) is 11.8 Å². The van der Waals surface area contributed by atoms with E-state index in [1.807, 2.05) is 24.3 Å². The first-order chi connectivity index (χ1) is 8.26. The number of alkyl halides is 1. The minimum Gasteiger partial charge on any atom is -0.493 e. The Hall–Kier alpha value is -1.03. The lowest BCUT2D eigenvalue weighted by atomic mass is 10.1. The van der Waals surface area contributed by atoms with E-state index in [4.69, 9.17) is 4.74 Å². The van der Waals surface area contributed by atoms with E-state index in [1.165, 1.54) is 12.7 Å². The van der Waals surface area contributed by atoms with Crippen LogP contribution in [0, 0.1) is 0 Å². The topological polar surface area (TPSA) is 35.5 Å². The van der Waals surface area contributed by atoms with E-state index in [-0.39, 0.29) is 5.97 Å². The molecular weight excluding hydrogens is 284 g/mol. The highest BCUT2D eigenvalue weighted by Crippen LogP contribution is 2.14. The highest BCUT2D eigenvalue weighted by molar-refractivity contribution is 9.09. The zero-order valence-corrected chi connectivity index (χ0v) is 11.5. The van der Waals surface area contributed by atoms with Gasteiger partial charge in [-0.25, -0.2) is 0 Å². The van der Waals surface area contributed by atoms with Gasteiger partial charge in [0.1, 0.15) is 5.75 Å². The second-order valence-electron chi connectivity index (χ2n) is 3.61. The minimum absolute atomic E-state index is 0.151. The van der Waals surface area contributed by atoms with Gasteiger partial charge >= 0.3 is 5.97 Å². The number of methoxy groups -OCH3 is 1. The third kappa shape index (κ3) is 5.73. The van der Waals surface area contributed by atoms with Crippen molar-refractivity contribution in [2.45, 2.75) is 19.3 Å². The normalized spacial score (nSPS) is 10.0. The van der Waals surface area contributed by atoms with Crippen molar-refractivity contribution < 1.29 is 14.3 Å². The summed E-state index contributed by atoms with van der Waals surface area (Å²) in [6.45, 7) is 0.668. The standard InChI is InChI=1S/C13H17BrO3/c1-16-13(15)4-2-3-11-5-7-12(8-6-11)17-10-9-14/h5-8H,2-4,9-10H2,1H3. The van der Waals surface area contributed by atoms with Crippen LogP contribution < -0.4 is 4.74 Å². The summed E-state index contributed by atoms with van der Waals surface area (Å²) in [7, 11) is 1.42. The van der Waals surface area contributed by atoms with Gasteiger partial charge < -0.3 is 9.47 Å². The van der Waals surface area contributed by atoms with Gasteiger partial charge in [-0.05, 0) is 30.5 Å². The number of carbonyl (C=O) groups excluding carboxylic acids is 1. The van der Waals surface area contributed by atoms with Gasteiger partial charge in [0.2, 0.25) is 0 Å². The van der Waals surface area contributed by atoms with Crippen LogP contribution in [0.1, 0.15) is 18.4 Å². The van der Waals surface area contributed by atoms with Crippen LogP contribution >= 0.6 is 15.9 Å². The molecule has 0 aliphatic rings. The molecule has 0 unspecified atom stereocenters. The molecule has 0 bridgehead atoms. The van der Waals surface area contributed by atoms with Gasteiger partial charge in [-0.1, -0.05) is 28.1 Å². The number of halogens is 1. The zero-order chi connectivity index (χ0) is 12.5. The fourth-order valence-electron chi connectivity index (χ4n) is 1.45. The Bertz CT molecular complexity index is 335. The molecule has 0 heterocycles. The summed E-state index contributed by atoms with van der Waals surface area (Å²) in [6, 6.07) is 7.97. The highest BCUT2D eigenvalue weighted by atomic mass is 79.9. The summed E-state index contributed by atoms with van der Waals surface area (Å²) in [5, 5.41) is 0.827. The largest absolute Gasteiger partial charge is 0.493 e. The van der Waals surface area contributed by atoms with E-state index in [0.717, 1.165) is 23.9 Å². The van der Waals surface area contributed by atoms with E-state index in [0.29, 0.717) is 13.0 Å². The molecule has 0 spiro atoms. The average Bonchev–Trinajstić information content (AvgIpc) is 2.37. The fraction of sp³-hybridized carbons (Fsp3) is 0.462. The molecule has 0 aromatic heterocycles.